The summed E-state index contributed by atoms with van der Waals surface area (Å²) in [5.41, 5.74) is 13.3. The monoisotopic (exact) mass is 292 g/mol. The van der Waals surface area contributed by atoms with E-state index in [0.717, 1.165) is 16.2 Å². The maximum Gasteiger partial charge on any atom is 0.237 e. The number of nitrogens with zero attached hydrogens (tertiary/aromatic N) is 1. The molecule has 1 aromatic carbocycles. The van der Waals surface area contributed by atoms with Gasteiger partial charge in [-0.1, -0.05) is 24.8 Å². The fourth-order valence-electron chi connectivity index (χ4n) is 2.09. The van der Waals surface area contributed by atoms with Crippen LogP contribution in [0.15, 0.2) is 23.4 Å². The summed E-state index contributed by atoms with van der Waals surface area (Å²) < 4.78 is 0. The number of aromatic amines is 1. The van der Waals surface area contributed by atoms with Gasteiger partial charge in [0.1, 0.15) is 0 Å². The van der Waals surface area contributed by atoms with Gasteiger partial charge in [0.25, 0.3) is 0 Å². The van der Waals surface area contributed by atoms with Crippen molar-refractivity contribution in [1.29, 1.82) is 0 Å². The van der Waals surface area contributed by atoms with Crippen molar-refractivity contribution in [1.82, 2.24) is 9.97 Å². The summed E-state index contributed by atoms with van der Waals surface area (Å²) in [7, 11) is 0. The molecule has 2 atom stereocenters. The summed E-state index contributed by atoms with van der Waals surface area (Å²) >= 11 is 1.57. The van der Waals surface area contributed by atoms with Crippen molar-refractivity contribution in [3.63, 3.8) is 0 Å². The average Bonchev–Trinajstić information content (AvgIpc) is 2.68. The predicted octanol–water partition coefficient (Wildman–Crippen LogP) is 1.94. The Morgan fingerprint density at radius 1 is 1.55 bits per heavy atom. The van der Waals surface area contributed by atoms with Crippen molar-refractivity contribution in [2.24, 2.45) is 11.5 Å². The Morgan fingerprint density at radius 2 is 2.25 bits per heavy atom. The fraction of sp³-hybridized carbons (Fsp3) is 0.429. The molecule has 20 heavy (non-hydrogen) atoms. The highest BCUT2D eigenvalue weighted by Gasteiger charge is 2.28. The van der Waals surface area contributed by atoms with Crippen LogP contribution in [0.1, 0.15) is 25.8 Å². The lowest BCUT2D eigenvalue weighted by atomic mass is 9.97. The first-order valence-electron chi connectivity index (χ1n) is 6.50. The summed E-state index contributed by atoms with van der Waals surface area (Å²) in [6.45, 7) is 5.72. The van der Waals surface area contributed by atoms with E-state index in [1.807, 2.05) is 26.0 Å². The van der Waals surface area contributed by atoms with Crippen molar-refractivity contribution >= 4 is 28.7 Å². The summed E-state index contributed by atoms with van der Waals surface area (Å²) in [5, 5.41) is 0.970. The van der Waals surface area contributed by atoms with Crippen molar-refractivity contribution in [3.8, 4) is 0 Å². The number of carbonyl (C=O) groups excluding carboxylic acids is 1. The van der Waals surface area contributed by atoms with Gasteiger partial charge in [-0.2, -0.15) is 0 Å². The molecule has 0 radical (unpaired) electrons. The molecular weight excluding hydrogens is 272 g/mol. The number of hydrogen-bond acceptors (Lipinski definition) is 4. The van der Waals surface area contributed by atoms with Crippen LogP contribution in [0.3, 0.4) is 0 Å². The molecule has 0 saturated heterocycles. The van der Waals surface area contributed by atoms with Gasteiger partial charge in [0, 0.05) is 5.25 Å². The number of aryl methyl sites for hydroxylation is 1. The zero-order chi connectivity index (χ0) is 14.9. The first-order valence-corrected chi connectivity index (χ1v) is 7.38. The highest BCUT2D eigenvalue weighted by Crippen LogP contribution is 2.27. The highest BCUT2D eigenvalue weighted by atomic mass is 32.2. The van der Waals surface area contributed by atoms with Gasteiger partial charge in [-0.25, -0.2) is 4.98 Å². The Balaban J connectivity index is 2.10. The smallest absolute Gasteiger partial charge is 0.237 e. The van der Waals surface area contributed by atoms with Crippen LogP contribution in [0, 0.1) is 6.92 Å². The van der Waals surface area contributed by atoms with Crippen LogP contribution in [0.4, 0.5) is 0 Å². The molecule has 0 spiro atoms. The third-order valence-electron chi connectivity index (χ3n) is 3.20. The van der Waals surface area contributed by atoms with Crippen LogP contribution in [-0.4, -0.2) is 26.7 Å². The molecule has 1 amide bonds. The van der Waals surface area contributed by atoms with Crippen LogP contribution >= 0.6 is 11.8 Å². The van der Waals surface area contributed by atoms with Gasteiger partial charge >= 0.3 is 0 Å². The number of imidazole rings is 1. The van der Waals surface area contributed by atoms with E-state index in [-0.39, 0.29) is 5.25 Å². The summed E-state index contributed by atoms with van der Waals surface area (Å²) in [5.74, 6) is -0.481. The number of H-pyrrole nitrogens is 1. The molecule has 0 aliphatic carbocycles. The number of nitrogens with two attached hydrogens (primary N) is 2. The van der Waals surface area contributed by atoms with Gasteiger partial charge in [0.2, 0.25) is 5.91 Å². The summed E-state index contributed by atoms with van der Waals surface area (Å²) in [4.78, 5) is 19.0. The lowest BCUT2D eigenvalue weighted by Crippen LogP contribution is -2.50. The van der Waals surface area contributed by atoms with Crippen LogP contribution in [0.2, 0.25) is 0 Å². The van der Waals surface area contributed by atoms with E-state index in [2.05, 4.69) is 16.0 Å². The Morgan fingerprint density at radius 3 is 2.90 bits per heavy atom. The van der Waals surface area contributed by atoms with Crippen molar-refractivity contribution in [2.45, 2.75) is 43.1 Å². The van der Waals surface area contributed by atoms with E-state index in [4.69, 9.17) is 11.5 Å². The van der Waals surface area contributed by atoms with Gasteiger partial charge in [-0.3, -0.25) is 4.79 Å². The molecule has 108 valence electrons. The molecule has 1 heterocycles. The van der Waals surface area contributed by atoms with E-state index in [0.29, 0.717) is 6.42 Å². The summed E-state index contributed by atoms with van der Waals surface area (Å²) in [6, 6.07) is 6.09. The van der Waals surface area contributed by atoms with Gasteiger partial charge in [0.05, 0.1) is 16.6 Å². The number of aromatic nitrogens is 2. The molecule has 0 saturated carbocycles. The molecule has 0 bridgehead atoms. The molecule has 0 fully saturated rings. The quantitative estimate of drug-likeness (QED) is 0.733. The Kier molecular flexibility index (Phi) is 4.06. The molecule has 0 aliphatic rings. The van der Waals surface area contributed by atoms with E-state index >= 15 is 0 Å². The van der Waals surface area contributed by atoms with E-state index in [1.165, 1.54) is 5.56 Å². The van der Waals surface area contributed by atoms with Gasteiger partial charge in [-0.15, -0.1) is 0 Å². The highest BCUT2D eigenvalue weighted by molar-refractivity contribution is 7.99. The maximum atomic E-state index is 11.3. The first kappa shape index (κ1) is 14.9. The van der Waals surface area contributed by atoms with Crippen molar-refractivity contribution < 1.29 is 4.79 Å². The van der Waals surface area contributed by atoms with E-state index in [1.54, 1.807) is 18.7 Å². The zero-order valence-electron chi connectivity index (χ0n) is 11.9. The number of fused-ring (bicyclic) bond motifs is 1. The Bertz CT molecular complexity index is 635. The van der Waals surface area contributed by atoms with Crippen LogP contribution in [0.5, 0.6) is 0 Å². The number of rotatable bonds is 5. The minimum atomic E-state index is -0.991. The molecule has 6 heteroatoms. The lowest BCUT2D eigenvalue weighted by Gasteiger charge is -2.23. The Labute approximate surface area is 122 Å². The van der Waals surface area contributed by atoms with Gasteiger partial charge in [-0.05, 0) is 38.0 Å². The van der Waals surface area contributed by atoms with Crippen molar-refractivity contribution in [3.05, 3.63) is 23.8 Å². The Hall–Kier alpha value is -1.53. The van der Waals surface area contributed by atoms with Crippen LogP contribution in [-0.2, 0) is 4.79 Å². The fourth-order valence-corrected chi connectivity index (χ4v) is 3.22. The van der Waals surface area contributed by atoms with E-state index < -0.39 is 11.4 Å². The second-order valence-electron chi connectivity index (χ2n) is 5.48. The topological polar surface area (TPSA) is 97.8 Å². The van der Waals surface area contributed by atoms with Gasteiger partial charge < -0.3 is 16.5 Å². The minimum Gasteiger partial charge on any atom is -0.368 e. The minimum absolute atomic E-state index is 0.138. The molecule has 5 nitrogen and oxygen atoms in total. The third kappa shape index (κ3) is 3.32. The lowest BCUT2D eigenvalue weighted by molar-refractivity contribution is -0.122. The number of primary amides is 1. The summed E-state index contributed by atoms with van der Waals surface area (Å²) in [6.07, 6.45) is 0.503. The predicted molar refractivity (Wildman–Crippen MR) is 82.6 cm³/mol. The standard InChI is InChI=1S/C14H20N4OS/c1-8-4-5-10-11(6-8)18-13(17-10)20-9(2)7-14(3,16)12(15)19/h4-6,9H,7,16H2,1-3H3,(H2,15,19)(H,17,18). The maximum absolute atomic E-state index is 11.3. The number of thioether (sulfide) groups is 1. The van der Waals surface area contributed by atoms with Crippen LogP contribution < -0.4 is 11.5 Å². The average molecular weight is 292 g/mol. The molecule has 5 N–H and O–H groups in total. The molecular formula is C14H20N4OS. The largest absolute Gasteiger partial charge is 0.368 e. The number of benzene rings is 1. The number of hydrogen-bond donors (Lipinski definition) is 3. The molecule has 2 rings (SSSR count). The molecule has 2 aromatic rings. The third-order valence-corrected chi connectivity index (χ3v) is 4.19. The normalized spacial score (nSPS) is 16.0. The number of carbonyl (C=O) groups is 1. The second kappa shape index (κ2) is 5.46. The van der Waals surface area contributed by atoms with Gasteiger partial charge in [0.15, 0.2) is 5.16 Å². The number of amides is 1. The second-order valence-corrected chi connectivity index (χ2v) is 6.90. The van der Waals surface area contributed by atoms with Crippen molar-refractivity contribution in [2.75, 3.05) is 0 Å². The van der Waals surface area contributed by atoms with E-state index in [9.17, 15) is 4.79 Å². The number of nitrogens with one attached hydrogen (secondary N) is 1. The molecule has 1 aromatic heterocycles. The first-order chi connectivity index (χ1) is 9.28. The molecule has 0 aliphatic heterocycles. The molecule has 2 unspecified atom stereocenters. The SMILES string of the molecule is Cc1ccc2nc(SC(C)CC(C)(N)C(N)=O)[nH]c2c1. The van der Waals surface area contributed by atoms with Crippen LogP contribution in [0.25, 0.3) is 11.0 Å². The zero-order valence-corrected chi connectivity index (χ0v) is 12.8.